The third-order valence-electron chi connectivity index (χ3n) is 3.75. The normalized spacial score (nSPS) is 11.0. The van der Waals surface area contributed by atoms with Crippen molar-refractivity contribution >= 4 is 29.9 Å². The second-order valence-electron chi connectivity index (χ2n) is 5.89. The highest BCUT2D eigenvalue weighted by molar-refractivity contribution is 14.0. The molecule has 0 unspecified atom stereocenters. The van der Waals surface area contributed by atoms with Gasteiger partial charge in [-0.1, -0.05) is 35.9 Å². The van der Waals surface area contributed by atoms with E-state index in [2.05, 4.69) is 46.8 Å². The minimum absolute atomic E-state index is 0. The molecule has 0 heterocycles. The van der Waals surface area contributed by atoms with Crippen LogP contribution in [-0.2, 0) is 24.4 Å². The lowest BCUT2D eigenvalue weighted by Crippen LogP contribution is -2.36. The van der Waals surface area contributed by atoms with Crippen molar-refractivity contribution in [1.82, 2.24) is 10.6 Å². The van der Waals surface area contributed by atoms with Crippen LogP contribution in [-0.4, -0.2) is 19.6 Å². The zero-order valence-electron chi connectivity index (χ0n) is 15.5. The molecule has 0 aromatic heterocycles. The third-order valence-corrected chi connectivity index (χ3v) is 3.75. The molecule has 0 atom stereocenters. The van der Waals surface area contributed by atoms with Crippen molar-refractivity contribution in [2.45, 2.75) is 33.5 Å². The molecule has 0 aliphatic rings. The lowest BCUT2D eigenvalue weighted by molar-refractivity contribution is 0.181. The first-order valence-electron chi connectivity index (χ1n) is 8.46. The van der Waals surface area contributed by atoms with E-state index in [1.165, 1.54) is 17.2 Å². The Morgan fingerprint density at radius 3 is 2.42 bits per heavy atom. The number of guanidine groups is 1. The molecule has 2 aromatic rings. The third kappa shape index (κ3) is 7.29. The Labute approximate surface area is 172 Å². The van der Waals surface area contributed by atoms with Gasteiger partial charge in [0.05, 0.1) is 13.2 Å². The second kappa shape index (κ2) is 11.9. The quantitative estimate of drug-likeness (QED) is 0.362. The topological polar surface area (TPSA) is 45.7 Å². The smallest absolute Gasteiger partial charge is 0.191 e. The summed E-state index contributed by atoms with van der Waals surface area (Å²) in [5, 5.41) is 6.54. The average molecular weight is 471 g/mol. The van der Waals surface area contributed by atoms with Crippen LogP contribution in [0.5, 0.6) is 0 Å². The van der Waals surface area contributed by atoms with Gasteiger partial charge in [-0.2, -0.15) is 0 Å². The van der Waals surface area contributed by atoms with E-state index in [0.29, 0.717) is 18.7 Å². The van der Waals surface area contributed by atoms with Crippen molar-refractivity contribution in [3.8, 4) is 0 Å². The van der Waals surface area contributed by atoms with E-state index in [0.717, 1.165) is 18.1 Å². The second-order valence-corrected chi connectivity index (χ2v) is 5.89. The monoisotopic (exact) mass is 471 g/mol. The molecule has 4 nitrogen and oxygen atoms in total. The van der Waals surface area contributed by atoms with Gasteiger partial charge in [0.15, 0.2) is 5.96 Å². The van der Waals surface area contributed by atoms with E-state index in [1.54, 1.807) is 19.2 Å². The number of methoxy groups -OCH3 is 1. The maximum atomic E-state index is 13.7. The molecule has 2 N–H and O–H groups in total. The molecule has 0 radical (unpaired) electrons. The van der Waals surface area contributed by atoms with E-state index >= 15 is 0 Å². The fourth-order valence-electron chi connectivity index (χ4n) is 2.40. The van der Waals surface area contributed by atoms with Gasteiger partial charge < -0.3 is 15.4 Å². The van der Waals surface area contributed by atoms with E-state index in [-0.39, 0.29) is 36.4 Å². The standard InChI is InChI=1S/C20H26FN3O.HI/c1-4-22-20(23-12-16-7-5-15(2)6-8-16)24-13-17-9-10-19(21)18(11-17)14-25-3;/h5-11H,4,12-14H2,1-3H3,(H2,22,23,24);1H. The van der Waals surface area contributed by atoms with E-state index in [9.17, 15) is 4.39 Å². The maximum absolute atomic E-state index is 13.7. The predicted molar refractivity (Wildman–Crippen MR) is 115 cm³/mol. The summed E-state index contributed by atoms with van der Waals surface area (Å²) in [4.78, 5) is 4.58. The fourth-order valence-corrected chi connectivity index (χ4v) is 2.40. The van der Waals surface area contributed by atoms with E-state index < -0.39 is 0 Å². The summed E-state index contributed by atoms with van der Waals surface area (Å²) in [6.07, 6.45) is 0. The molecule has 0 amide bonds. The molecule has 0 aliphatic heterocycles. The Hall–Kier alpha value is -1.67. The van der Waals surface area contributed by atoms with Crippen LogP contribution in [0.1, 0.15) is 29.2 Å². The first-order chi connectivity index (χ1) is 12.1. The molecule has 2 rings (SSSR count). The van der Waals surface area contributed by atoms with Crippen LogP contribution >= 0.6 is 24.0 Å². The lowest BCUT2D eigenvalue weighted by Gasteiger charge is -2.12. The van der Waals surface area contributed by atoms with Crippen LogP contribution in [0, 0.1) is 12.7 Å². The summed E-state index contributed by atoms with van der Waals surface area (Å²) < 4.78 is 18.7. The van der Waals surface area contributed by atoms with Crippen molar-refractivity contribution in [2.24, 2.45) is 4.99 Å². The van der Waals surface area contributed by atoms with Gasteiger partial charge in [-0.25, -0.2) is 9.38 Å². The molecule has 2 aromatic carbocycles. The molecule has 142 valence electrons. The van der Waals surface area contributed by atoms with Gasteiger partial charge in [-0.3, -0.25) is 0 Å². The molecular formula is C20H27FIN3O. The fraction of sp³-hybridized carbons (Fsp3) is 0.350. The van der Waals surface area contributed by atoms with E-state index in [1.807, 2.05) is 6.92 Å². The summed E-state index contributed by atoms with van der Waals surface area (Å²) >= 11 is 0. The number of halogens is 2. The average Bonchev–Trinajstić information content (AvgIpc) is 2.61. The van der Waals surface area contributed by atoms with Crippen molar-refractivity contribution in [2.75, 3.05) is 13.7 Å². The Morgan fingerprint density at radius 1 is 1.08 bits per heavy atom. The summed E-state index contributed by atoms with van der Waals surface area (Å²) in [7, 11) is 1.56. The van der Waals surface area contributed by atoms with Crippen molar-refractivity contribution < 1.29 is 9.13 Å². The number of ether oxygens (including phenoxy) is 1. The van der Waals surface area contributed by atoms with Crippen molar-refractivity contribution in [3.63, 3.8) is 0 Å². The zero-order valence-corrected chi connectivity index (χ0v) is 17.8. The number of aryl methyl sites for hydroxylation is 1. The Kier molecular flexibility index (Phi) is 10.2. The molecular weight excluding hydrogens is 444 g/mol. The Morgan fingerprint density at radius 2 is 1.77 bits per heavy atom. The van der Waals surface area contributed by atoms with Gasteiger partial charge in [0.25, 0.3) is 0 Å². The summed E-state index contributed by atoms with van der Waals surface area (Å²) in [5.74, 6) is 0.486. The molecule has 26 heavy (non-hydrogen) atoms. The highest BCUT2D eigenvalue weighted by atomic mass is 127. The molecule has 0 aliphatic carbocycles. The van der Waals surface area contributed by atoms with Gasteiger partial charge >= 0.3 is 0 Å². The molecule has 0 spiro atoms. The van der Waals surface area contributed by atoms with Crippen LogP contribution in [0.15, 0.2) is 47.5 Å². The van der Waals surface area contributed by atoms with Gasteiger partial charge in [-0.15, -0.1) is 24.0 Å². The number of aliphatic imine (C=N–C) groups is 1. The van der Waals surface area contributed by atoms with Crippen LogP contribution in [0.3, 0.4) is 0 Å². The van der Waals surface area contributed by atoms with Gasteiger partial charge in [0, 0.05) is 25.8 Å². The number of nitrogens with one attached hydrogen (secondary N) is 2. The van der Waals surface area contributed by atoms with Crippen LogP contribution < -0.4 is 10.6 Å². The summed E-state index contributed by atoms with van der Waals surface area (Å²) in [5.41, 5.74) is 3.93. The highest BCUT2D eigenvalue weighted by Crippen LogP contribution is 2.12. The number of nitrogens with zero attached hydrogens (tertiary/aromatic N) is 1. The highest BCUT2D eigenvalue weighted by Gasteiger charge is 2.04. The van der Waals surface area contributed by atoms with Crippen molar-refractivity contribution in [1.29, 1.82) is 0 Å². The van der Waals surface area contributed by atoms with Gasteiger partial charge in [0.1, 0.15) is 5.82 Å². The minimum atomic E-state index is -0.251. The van der Waals surface area contributed by atoms with Crippen molar-refractivity contribution in [3.05, 3.63) is 70.5 Å². The summed E-state index contributed by atoms with van der Waals surface area (Å²) in [6.45, 7) is 6.30. The van der Waals surface area contributed by atoms with Crippen LogP contribution in [0.4, 0.5) is 4.39 Å². The Bertz CT molecular complexity index is 705. The van der Waals surface area contributed by atoms with Crippen LogP contribution in [0.2, 0.25) is 0 Å². The largest absolute Gasteiger partial charge is 0.380 e. The molecule has 0 bridgehead atoms. The minimum Gasteiger partial charge on any atom is -0.380 e. The predicted octanol–water partition coefficient (Wildman–Crippen LogP) is 4.15. The molecule has 6 heteroatoms. The number of rotatable bonds is 7. The number of hydrogen-bond acceptors (Lipinski definition) is 2. The molecule has 0 saturated carbocycles. The molecule has 0 fully saturated rings. The maximum Gasteiger partial charge on any atom is 0.191 e. The zero-order chi connectivity index (χ0) is 18.1. The number of benzene rings is 2. The lowest BCUT2D eigenvalue weighted by atomic mass is 10.1. The Balaban J connectivity index is 0.00000338. The first kappa shape index (κ1) is 22.4. The SMILES string of the molecule is CCNC(=NCc1ccc(F)c(COC)c1)NCc1ccc(C)cc1.I. The van der Waals surface area contributed by atoms with Crippen LogP contribution in [0.25, 0.3) is 0 Å². The first-order valence-corrected chi connectivity index (χ1v) is 8.46. The van der Waals surface area contributed by atoms with Gasteiger partial charge in [-0.05, 0) is 37.1 Å². The van der Waals surface area contributed by atoms with E-state index in [4.69, 9.17) is 4.74 Å². The number of hydrogen-bond donors (Lipinski definition) is 2. The van der Waals surface area contributed by atoms with Gasteiger partial charge in [0.2, 0.25) is 0 Å². The molecule has 0 saturated heterocycles. The summed E-state index contributed by atoms with van der Waals surface area (Å²) in [6, 6.07) is 13.4.